The Morgan fingerprint density at radius 3 is 2.13 bits per heavy atom. The Hall–Kier alpha value is -2.92. The zero-order valence-corrected chi connectivity index (χ0v) is 17.0. The average molecular weight is 410 g/mol. The van der Waals surface area contributed by atoms with Crippen LogP contribution in [0.15, 0.2) is 66.7 Å². The molecule has 1 aliphatic rings. The molecular weight excluding hydrogens is 386 g/mol. The summed E-state index contributed by atoms with van der Waals surface area (Å²) in [6.45, 7) is 4.28. The van der Waals surface area contributed by atoms with E-state index in [1.807, 2.05) is 62.4 Å². The van der Waals surface area contributed by atoms with Gasteiger partial charge in [0.2, 0.25) is 0 Å². The highest BCUT2D eigenvalue weighted by Gasteiger charge is 2.39. The second-order valence-electron chi connectivity index (χ2n) is 7.66. The molecule has 0 radical (unpaired) electrons. The molecule has 0 aliphatic carbocycles. The average Bonchev–Trinajstić information content (AvgIpc) is 3.11. The molecule has 0 saturated carbocycles. The van der Waals surface area contributed by atoms with Gasteiger partial charge in [0.15, 0.2) is 0 Å². The number of benzene rings is 3. The van der Waals surface area contributed by atoms with E-state index >= 15 is 0 Å². The Kier molecular flexibility index (Phi) is 6.00. The standard InChI is InChI=1S/C25H24F2O3/c1-16-3-8-19(9-4-16)28-15-25-24(29-20-10-5-17(2)6-11-20)14-23(30-25)21-12-7-18(26)13-22(21)27/h3-13,23-25H,14-15H2,1-2H3/t23-,24-,25+/m0/s1. The Bertz CT molecular complexity index is 986. The van der Waals surface area contributed by atoms with Crippen molar-refractivity contribution < 1.29 is 23.0 Å². The molecule has 1 aliphatic heterocycles. The second-order valence-corrected chi connectivity index (χ2v) is 7.66. The summed E-state index contributed by atoms with van der Waals surface area (Å²) in [5.74, 6) is 0.222. The van der Waals surface area contributed by atoms with Crippen molar-refractivity contribution in [2.45, 2.75) is 38.6 Å². The summed E-state index contributed by atoms with van der Waals surface area (Å²) in [5.41, 5.74) is 2.61. The van der Waals surface area contributed by atoms with E-state index in [1.165, 1.54) is 12.1 Å². The third kappa shape index (κ3) is 4.79. The van der Waals surface area contributed by atoms with Crippen LogP contribution in [0.5, 0.6) is 11.5 Å². The van der Waals surface area contributed by atoms with Crippen LogP contribution in [0, 0.1) is 25.5 Å². The molecule has 1 saturated heterocycles. The Morgan fingerprint density at radius 2 is 1.50 bits per heavy atom. The van der Waals surface area contributed by atoms with Gasteiger partial charge in [0, 0.05) is 18.1 Å². The highest BCUT2D eigenvalue weighted by atomic mass is 19.1. The Balaban J connectivity index is 1.51. The molecular formula is C25H24F2O3. The molecule has 0 amide bonds. The molecule has 30 heavy (non-hydrogen) atoms. The molecule has 3 aromatic carbocycles. The molecule has 0 N–H and O–H groups in total. The maximum Gasteiger partial charge on any atom is 0.131 e. The van der Waals surface area contributed by atoms with Crippen LogP contribution in [0.2, 0.25) is 0 Å². The summed E-state index contributed by atoms with van der Waals surface area (Å²) in [6.07, 6.45) is -0.819. The van der Waals surface area contributed by atoms with Crippen LogP contribution in [0.1, 0.15) is 29.2 Å². The number of rotatable bonds is 6. The number of hydrogen-bond acceptors (Lipinski definition) is 3. The van der Waals surface area contributed by atoms with Crippen molar-refractivity contribution in [1.82, 2.24) is 0 Å². The van der Waals surface area contributed by atoms with Gasteiger partial charge >= 0.3 is 0 Å². The third-order valence-corrected chi connectivity index (χ3v) is 5.25. The van der Waals surface area contributed by atoms with E-state index in [9.17, 15) is 8.78 Å². The predicted octanol–water partition coefficient (Wildman–Crippen LogP) is 5.94. The molecule has 3 nitrogen and oxygen atoms in total. The van der Waals surface area contributed by atoms with E-state index in [2.05, 4.69) is 0 Å². The highest BCUT2D eigenvalue weighted by Crippen LogP contribution is 2.37. The molecule has 0 bridgehead atoms. The maximum atomic E-state index is 14.3. The van der Waals surface area contributed by atoms with E-state index in [0.29, 0.717) is 12.0 Å². The van der Waals surface area contributed by atoms with Crippen molar-refractivity contribution in [3.8, 4) is 11.5 Å². The van der Waals surface area contributed by atoms with Crippen LogP contribution < -0.4 is 9.47 Å². The molecule has 3 atom stereocenters. The van der Waals surface area contributed by atoms with Crippen molar-refractivity contribution in [2.24, 2.45) is 0 Å². The first-order valence-corrected chi connectivity index (χ1v) is 10.0. The number of halogens is 2. The second kappa shape index (κ2) is 8.84. The van der Waals surface area contributed by atoms with Gasteiger partial charge in [-0.2, -0.15) is 0 Å². The molecule has 4 rings (SSSR count). The van der Waals surface area contributed by atoms with Gasteiger partial charge in [-0.15, -0.1) is 0 Å². The molecule has 156 valence electrons. The lowest BCUT2D eigenvalue weighted by Gasteiger charge is -2.20. The van der Waals surface area contributed by atoms with Crippen LogP contribution in [-0.4, -0.2) is 18.8 Å². The fraction of sp³-hybridized carbons (Fsp3) is 0.280. The van der Waals surface area contributed by atoms with Crippen LogP contribution in [-0.2, 0) is 4.74 Å². The molecule has 1 fully saturated rings. The summed E-state index contributed by atoms with van der Waals surface area (Å²) in [5, 5.41) is 0. The van der Waals surface area contributed by atoms with E-state index < -0.39 is 23.8 Å². The zero-order valence-electron chi connectivity index (χ0n) is 17.0. The maximum absolute atomic E-state index is 14.3. The smallest absolute Gasteiger partial charge is 0.131 e. The lowest BCUT2D eigenvalue weighted by Crippen LogP contribution is -2.32. The lowest BCUT2D eigenvalue weighted by molar-refractivity contribution is -0.0117. The minimum Gasteiger partial charge on any atom is -0.491 e. The molecule has 5 heteroatoms. The van der Waals surface area contributed by atoms with Crippen LogP contribution in [0.4, 0.5) is 8.78 Å². The van der Waals surface area contributed by atoms with Crippen LogP contribution in [0.3, 0.4) is 0 Å². The van der Waals surface area contributed by atoms with Crippen LogP contribution in [0.25, 0.3) is 0 Å². The zero-order chi connectivity index (χ0) is 21.1. The van der Waals surface area contributed by atoms with Gasteiger partial charge < -0.3 is 14.2 Å². The monoisotopic (exact) mass is 410 g/mol. The minimum absolute atomic E-state index is 0.263. The van der Waals surface area contributed by atoms with Gasteiger partial charge in [-0.3, -0.25) is 0 Å². The summed E-state index contributed by atoms with van der Waals surface area (Å²) >= 11 is 0. The Labute approximate surface area is 175 Å². The van der Waals surface area contributed by atoms with E-state index in [4.69, 9.17) is 14.2 Å². The van der Waals surface area contributed by atoms with Gasteiger partial charge in [0.1, 0.15) is 41.9 Å². The van der Waals surface area contributed by atoms with Gasteiger partial charge in [-0.25, -0.2) is 8.78 Å². The van der Waals surface area contributed by atoms with Crippen molar-refractivity contribution in [3.63, 3.8) is 0 Å². The summed E-state index contributed by atoms with van der Waals surface area (Å²) in [6, 6.07) is 19.1. The molecule has 3 aromatic rings. The topological polar surface area (TPSA) is 27.7 Å². The van der Waals surface area contributed by atoms with Gasteiger partial charge in [-0.1, -0.05) is 41.5 Å². The number of ether oxygens (including phenoxy) is 3. The summed E-state index contributed by atoms with van der Waals surface area (Å²) in [7, 11) is 0. The van der Waals surface area contributed by atoms with Gasteiger partial charge in [0.25, 0.3) is 0 Å². The number of hydrogen-bond donors (Lipinski definition) is 0. The Morgan fingerprint density at radius 1 is 0.867 bits per heavy atom. The van der Waals surface area contributed by atoms with Crippen molar-refractivity contribution >= 4 is 0 Å². The van der Waals surface area contributed by atoms with Crippen molar-refractivity contribution in [2.75, 3.05) is 6.61 Å². The normalized spacial score (nSPS) is 20.9. The number of aryl methyl sites for hydroxylation is 2. The van der Waals surface area contributed by atoms with Gasteiger partial charge in [-0.05, 0) is 44.2 Å². The first-order chi connectivity index (χ1) is 14.5. The van der Waals surface area contributed by atoms with Gasteiger partial charge in [0.05, 0.1) is 6.10 Å². The lowest BCUT2D eigenvalue weighted by atomic mass is 10.0. The molecule has 0 spiro atoms. The first-order valence-electron chi connectivity index (χ1n) is 10.0. The first kappa shape index (κ1) is 20.4. The fourth-order valence-electron chi connectivity index (χ4n) is 3.55. The van der Waals surface area contributed by atoms with Crippen molar-refractivity contribution in [1.29, 1.82) is 0 Å². The third-order valence-electron chi connectivity index (χ3n) is 5.25. The molecule has 1 heterocycles. The minimum atomic E-state index is -0.616. The van der Waals surface area contributed by atoms with E-state index in [1.54, 1.807) is 0 Å². The largest absolute Gasteiger partial charge is 0.491 e. The van der Waals surface area contributed by atoms with Crippen molar-refractivity contribution in [3.05, 3.63) is 95.1 Å². The quantitative estimate of drug-likeness (QED) is 0.503. The summed E-state index contributed by atoms with van der Waals surface area (Å²) in [4.78, 5) is 0. The summed E-state index contributed by atoms with van der Waals surface area (Å²) < 4.78 is 45.8. The fourth-order valence-corrected chi connectivity index (χ4v) is 3.55. The van der Waals surface area contributed by atoms with E-state index in [0.717, 1.165) is 28.7 Å². The SMILES string of the molecule is Cc1ccc(OC[C@H]2O[C@H](c3ccc(F)cc3F)C[C@@H]2Oc2ccc(C)cc2)cc1. The molecule has 0 aromatic heterocycles. The van der Waals surface area contributed by atoms with Crippen LogP contribution >= 0.6 is 0 Å². The highest BCUT2D eigenvalue weighted by molar-refractivity contribution is 5.28. The predicted molar refractivity (Wildman–Crippen MR) is 111 cm³/mol. The van der Waals surface area contributed by atoms with E-state index in [-0.39, 0.29) is 12.7 Å². The molecule has 0 unspecified atom stereocenters.